The van der Waals surface area contributed by atoms with Gasteiger partial charge in [0.15, 0.2) is 0 Å². The molecule has 5 heteroatoms. The zero-order valence-electron chi connectivity index (χ0n) is 10.3. The van der Waals surface area contributed by atoms with Gasteiger partial charge in [0.2, 0.25) is 0 Å². The minimum absolute atomic E-state index is 0.279. The van der Waals surface area contributed by atoms with Crippen LogP contribution in [0.4, 0.5) is 0 Å². The van der Waals surface area contributed by atoms with Gasteiger partial charge in [0, 0.05) is 4.47 Å². The molecule has 3 aromatic rings. The second-order valence-electron chi connectivity index (χ2n) is 4.23. The van der Waals surface area contributed by atoms with E-state index in [0.29, 0.717) is 11.1 Å². The lowest BCUT2D eigenvalue weighted by atomic mass is 10.2. The molecule has 3 nitrogen and oxygen atoms in total. The normalized spacial score (nSPS) is 10.7. The number of fused-ring (bicyclic) bond motifs is 1. The maximum absolute atomic E-state index is 9.19. The average Bonchev–Trinajstić information content (AvgIpc) is 2.86. The van der Waals surface area contributed by atoms with E-state index in [1.807, 2.05) is 41.0 Å². The molecule has 0 N–H and O–H groups in total. The minimum Gasteiger partial charge on any atom is -0.294 e. The quantitative estimate of drug-likeness (QED) is 0.645. The first-order chi connectivity index (χ1) is 9.76. The van der Waals surface area contributed by atoms with Gasteiger partial charge in [0.1, 0.15) is 17.4 Å². The standard InChI is InChI=1S/C15H9BrClN3/c16-11-5-1-2-6-12(11)20-13-7-3-4-10(9-18)15(13)19-14(20)8-17/h1-7H,8H2. The van der Waals surface area contributed by atoms with Crippen molar-refractivity contribution in [1.82, 2.24) is 9.55 Å². The molecule has 0 amide bonds. The summed E-state index contributed by atoms with van der Waals surface area (Å²) in [7, 11) is 0. The van der Waals surface area contributed by atoms with Gasteiger partial charge in [0.05, 0.1) is 22.6 Å². The van der Waals surface area contributed by atoms with E-state index in [1.165, 1.54) is 0 Å². The van der Waals surface area contributed by atoms with Crippen molar-refractivity contribution in [3.05, 3.63) is 58.3 Å². The summed E-state index contributed by atoms with van der Waals surface area (Å²) in [6.45, 7) is 0. The number of para-hydroxylation sites is 2. The lowest BCUT2D eigenvalue weighted by Gasteiger charge is -2.09. The van der Waals surface area contributed by atoms with Crippen LogP contribution in [0.25, 0.3) is 16.7 Å². The molecule has 0 aliphatic heterocycles. The first kappa shape index (κ1) is 13.2. The number of hydrogen-bond acceptors (Lipinski definition) is 2. The molecular weight excluding hydrogens is 338 g/mol. The highest BCUT2D eigenvalue weighted by Gasteiger charge is 2.15. The van der Waals surface area contributed by atoms with E-state index in [-0.39, 0.29) is 5.88 Å². The van der Waals surface area contributed by atoms with Gasteiger partial charge < -0.3 is 0 Å². The number of benzene rings is 2. The first-order valence-electron chi connectivity index (χ1n) is 5.97. The molecule has 0 saturated heterocycles. The number of nitrogens with zero attached hydrogens (tertiary/aromatic N) is 3. The van der Waals surface area contributed by atoms with E-state index in [9.17, 15) is 5.26 Å². The number of aromatic nitrogens is 2. The molecule has 1 heterocycles. The molecule has 20 heavy (non-hydrogen) atoms. The Morgan fingerprint density at radius 3 is 2.70 bits per heavy atom. The van der Waals surface area contributed by atoms with E-state index in [2.05, 4.69) is 27.0 Å². The zero-order valence-corrected chi connectivity index (χ0v) is 12.7. The van der Waals surface area contributed by atoms with Crippen molar-refractivity contribution in [2.75, 3.05) is 0 Å². The van der Waals surface area contributed by atoms with Crippen molar-refractivity contribution in [2.45, 2.75) is 5.88 Å². The fourth-order valence-electron chi connectivity index (χ4n) is 2.23. The molecule has 1 aromatic heterocycles. The van der Waals surface area contributed by atoms with E-state index in [1.54, 1.807) is 6.07 Å². The van der Waals surface area contributed by atoms with Gasteiger partial charge in [-0.15, -0.1) is 11.6 Å². The summed E-state index contributed by atoms with van der Waals surface area (Å²) in [6.07, 6.45) is 0. The van der Waals surface area contributed by atoms with Gasteiger partial charge in [-0.3, -0.25) is 4.57 Å². The monoisotopic (exact) mass is 345 g/mol. The summed E-state index contributed by atoms with van der Waals surface area (Å²) in [6, 6.07) is 15.6. The molecule has 0 unspecified atom stereocenters. The minimum atomic E-state index is 0.279. The predicted molar refractivity (Wildman–Crippen MR) is 83.0 cm³/mol. The van der Waals surface area contributed by atoms with Crippen LogP contribution >= 0.6 is 27.5 Å². The third-order valence-corrected chi connectivity index (χ3v) is 4.00. The van der Waals surface area contributed by atoms with Gasteiger partial charge in [-0.1, -0.05) is 18.2 Å². The Labute approximate surface area is 129 Å². The Morgan fingerprint density at radius 1 is 1.20 bits per heavy atom. The molecule has 0 atom stereocenters. The second kappa shape index (κ2) is 5.28. The second-order valence-corrected chi connectivity index (χ2v) is 5.36. The highest BCUT2D eigenvalue weighted by Crippen LogP contribution is 2.28. The van der Waals surface area contributed by atoms with Crippen molar-refractivity contribution < 1.29 is 0 Å². The fourth-order valence-corrected chi connectivity index (χ4v) is 2.87. The van der Waals surface area contributed by atoms with Crippen LogP contribution in [0.15, 0.2) is 46.9 Å². The maximum atomic E-state index is 9.19. The van der Waals surface area contributed by atoms with Crippen LogP contribution in [-0.4, -0.2) is 9.55 Å². The molecule has 98 valence electrons. The van der Waals surface area contributed by atoms with Gasteiger partial charge in [0.25, 0.3) is 0 Å². The van der Waals surface area contributed by atoms with Crippen molar-refractivity contribution >= 4 is 38.6 Å². The van der Waals surface area contributed by atoms with Crippen LogP contribution < -0.4 is 0 Å². The van der Waals surface area contributed by atoms with E-state index in [4.69, 9.17) is 11.6 Å². The molecule has 3 rings (SSSR count). The molecule has 0 aliphatic rings. The predicted octanol–water partition coefficient (Wildman–Crippen LogP) is 4.40. The summed E-state index contributed by atoms with van der Waals surface area (Å²) in [5.74, 6) is 0.997. The molecule has 0 saturated carbocycles. The zero-order chi connectivity index (χ0) is 14.1. The molecular formula is C15H9BrClN3. The van der Waals surface area contributed by atoms with Crippen LogP contribution in [0.5, 0.6) is 0 Å². The molecule has 0 bridgehead atoms. The molecule has 0 radical (unpaired) electrons. The lowest BCUT2D eigenvalue weighted by Crippen LogP contribution is -1.99. The van der Waals surface area contributed by atoms with Crippen molar-refractivity contribution in [2.24, 2.45) is 0 Å². The van der Waals surface area contributed by atoms with Crippen LogP contribution in [0.2, 0.25) is 0 Å². The third kappa shape index (κ3) is 2.00. The SMILES string of the molecule is N#Cc1cccc2c1nc(CCl)n2-c1ccccc1Br. The molecule has 0 spiro atoms. The third-order valence-electron chi connectivity index (χ3n) is 3.09. The number of halogens is 2. The topological polar surface area (TPSA) is 41.6 Å². The van der Waals surface area contributed by atoms with Crippen molar-refractivity contribution in [1.29, 1.82) is 5.26 Å². The Kier molecular flexibility index (Phi) is 3.47. The highest BCUT2D eigenvalue weighted by molar-refractivity contribution is 9.10. The van der Waals surface area contributed by atoms with Gasteiger partial charge in [-0.25, -0.2) is 4.98 Å². The van der Waals surface area contributed by atoms with E-state index < -0.39 is 0 Å². The molecule has 2 aromatic carbocycles. The van der Waals surface area contributed by atoms with Gasteiger partial charge >= 0.3 is 0 Å². The van der Waals surface area contributed by atoms with Crippen LogP contribution in [-0.2, 0) is 5.88 Å². The van der Waals surface area contributed by atoms with Crippen molar-refractivity contribution in [3.63, 3.8) is 0 Å². The summed E-state index contributed by atoms with van der Waals surface area (Å²) in [4.78, 5) is 4.51. The Balaban J connectivity index is 2.41. The largest absolute Gasteiger partial charge is 0.294 e. The summed E-state index contributed by atoms with van der Waals surface area (Å²) >= 11 is 9.57. The van der Waals surface area contributed by atoms with Crippen LogP contribution in [0.3, 0.4) is 0 Å². The highest BCUT2D eigenvalue weighted by atomic mass is 79.9. The summed E-state index contributed by atoms with van der Waals surface area (Å²) in [5.41, 5.74) is 3.08. The Bertz CT molecular complexity index is 833. The van der Waals surface area contributed by atoms with Gasteiger partial charge in [-0.05, 0) is 40.2 Å². The van der Waals surface area contributed by atoms with Crippen LogP contribution in [0, 0.1) is 11.3 Å². The molecule has 0 aliphatic carbocycles. The van der Waals surface area contributed by atoms with Crippen LogP contribution in [0.1, 0.15) is 11.4 Å². The van der Waals surface area contributed by atoms with Gasteiger partial charge in [-0.2, -0.15) is 5.26 Å². The van der Waals surface area contributed by atoms with E-state index in [0.717, 1.165) is 21.5 Å². The Hall–Kier alpha value is -1.83. The number of alkyl halides is 1. The number of imidazole rings is 1. The summed E-state index contributed by atoms with van der Waals surface area (Å²) < 4.78 is 2.93. The first-order valence-corrected chi connectivity index (χ1v) is 7.30. The summed E-state index contributed by atoms with van der Waals surface area (Å²) in [5, 5.41) is 9.19. The Morgan fingerprint density at radius 2 is 2.00 bits per heavy atom. The average molecular weight is 347 g/mol. The fraction of sp³-hybridized carbons (Fsp3) is 0.0667. The smallest absolute Gasteiger partial charge is 0.129 e. The van der Waals surface area contributed by atoms with E-state index >= 15 is 0 Å². The maximum Gasteiger partial charge on any atom is 0.129 e. The number of nitriles is 1. The number of rotatable bonds is 2. The lowest BCUT2D eigenvalue weighted by molar-refractivity contribution is 0.977. The number of hydrogen-bond donors (Lipinski definition) is 0. The van der Waals surface area contributed by atoms with Crippen molar-refractivity contribution in [3.8, 4) is 11.8 Å². The molecule has 0 fully saturated rings.